The molecule has 3 nitrogen and oxygen atoms in total. The van der Waals surface area contributed by atoms with E-state index in [0.29, 0.717) is 5.92 Å². The molecular formula is C71H74BN3. The zero-order valence-corrected chi connectivity index (χ0v) is 47.7. The lowest BCUT2D eigenvalue weighted by Crippen LogP contribution is -2.59. The van der Waals surface area contributed by atoms with Crippen LogP contribution < -0.4 is 16.4 Å². The minimum atomic E-state index is -0.0945. The molecule has 8 aromatic carbocycles. The van der Waals surface area contributed by atoms with Crippen LogP contribution >= 0.6 is 0 Å². The lowest BCUT2D eigenvalue weighted by atomic mass is 9.33. The fraction of sp³-hybridized carbons (Fsp3) is 0.324. The van der Waals surface area contributed by atoms with Gasteiger partial charge in [0.05, 0.1) is 27.6 Å². The van der Waals surface area contributed by atoms with Crippen LogP contribution in [0.25, 0.3) is 93.6 Å². The third kappa shape index (κ3) is 6.99. The van der Waals surface area contributed by atoms with E-state index in [1.807, 2.05) is 0 Å². The summed E-state index contributed by atoms with van der Waals surface area (Å²) in [4.78, 5) is 0. The van der Waals surface area contributed by atoms with E-state index in [1.165, 1.54) is 143 Å². The summed E-state index contributed by atoms with van der Waals surface area (Å²) in [7, 11) is 0. The van der Waals surface area contributed by atoms with Gasteiger partial charge < -0.3 is 13.7 Å². The van der Waals surface area contributed by atoms with Gasteiger partial charge in [-0.25, -0.2) is 0 Å². The van der Waals surface area contributed by atoms with Crippen molar-refractivity contribution in [2.45, 2.75) is 151 Å². The Labute approximate surface area is 445 Å². The first-order chi connectivity index (χ1) is 35.2. The summed E-state index contributed by atoms with van der Waals surface area (Å²) in [6.07, 6.45) is 0. The van der Waals surface area contributed by atoms with Crippen LogP contribution in [-0.4, -0.2) is 20.4 Å². The predicted octanol–water partition coefficient (Wildman–Crippen LogP) is 17.4. The first kappa shape index (κ1) is 47.9. The number of hydrogen-bond acceptors (Lipinski definition) is 0. The van der Waals surface area contributed by atoms with Gasteiger partial charge in [-0.3, -0.25) is 0 Å². The van der Waals surface area contributed by atoms with Gasteiger partial charge in [-0.1, -0.05) is 190 Å². The fourth-order valence-corrected chi connectivity index (χ4v) is 13.1. The summed E-state index contributed by atoms with van der Waals surface area (Å²) in [6, 6.07) is 53.9. The number of benzene rings is 8. The Hall–Kier alpha value is -6.78. The average molecular weight is 980 g/mol. The third-order valence-electron chi connectivity index (χ3n) is 17.6. The van der Waals surface area contributed by atoms with Crippen molar-refractivity contribution in [3.63, 3.8) is 0 Å². The van der Waals surface area contributed by atoms with Crippen molar-refractivity contribution in [3.8, 4) is 28.2 Å². The molecule has 3 aromatic heterocycles. The minimum Gasteiger partial charge on any atom is -0.310 e. The number of aromatic nitrogens is 3. The SMILES string of the molecule is CC(C)c1ccc(-c2cc3c4c(c2)-n2c5cc(C(C)(C)C)ccc5c5cc6c(c(c52)B4c2cc(C(C)(C)C)cc4c5cc(C(C)(C)C)ccc5n-3c24)c2ccc(C(C)(C)C)cc2n6-c2ccc(C(C)(C)C)cc2)cc1. The Balaban J connectivity index is 1.28. The van der Waals surface area contributed by atoms with Crippen LogP contribution in [0.15, 0.2) is 133 Å². The van der Waals surface area contributed by atoms with Crippen molar-refractivity contribution in [1.29, 1.82) is 0 Å². The predicted molar refractivity (Wildman–Crippen MR) is 327 cm³/mol. The Morgan fingerprint density at radius 2 is 0.840 bits per heavy atom. The van der Waals surface area contributed by atoms with Crippen molar-refractivity contribution < 1.29 is 0 Å². The van der Waals surface area contributed by atoms with Crippen molar-refractivity contribution in [3.05, 3.63) is 167 Å². The molecule has 4 heteroatoms. The monoisotopic (exact) mass is 980 g/mol. The Bertz CT molecular complexity index is 4240. The van der Waals surface area contributed by atoms with E-state index in [1.54, 1.807) is 0 Å². The largest absolute Gasteiger partial charge is 0.310 e. The molecule has 0 bridgehead atoms. The Morgan fingerprint density at radius 1 is 0.347 bits per heavy atom. The molecule has 0 atom stereocenters. The second-order valence-electron chi connectivity index (χ2n) is 28.2. The molecule has 0 N–H and O–H groups in total. The lowest BCUT2D eigenvalue weighted by molar-refractivity contribution is 0.590. The molecule has 11 aromatic rings. The van der Waals surface area contributed by atoms with Gasteiger partial charge in [0.1, 0.15) is 0 Å². The van der Waals surface area contributed by atoms with Gasteiger partial charge in [0.15, 0.2) is 0 Å². The van der Waals surface area contributed by atoms with Gasteiger partial charge in [-0.2, -0.15) is 0 Å². The average Bonchev–Trinajstić information content (AvgIpc) is 3.98. The maximum atomic E-state index is 2.72. The molecule has 75 heavy (non-hydrogen) atoms. The number of nitrogens with zero attached hydrogens (tertiary/aromatic N) is 3. The van der Waals surface area contributed by atoms with Gasteiger partial charge in [0.25, 0.3) is 6.71 Å². The topological polar surface area (TPSA) is 14.8 Å². The second-order valence-corrected chi connectivity index (χ2v) is 28.2. The molecule has 0 spiro atoms. The highest BCUT2D eigenvalue weighted by molar-refractivity contribution is 7.02. The zero-order chi connectivity index (χ0) is 53.0. The fourth-order valence-electron chi connectivity index (χ4n) is 13.1. The zero-order valence-electron chi connectivity index (χ0n) is 47.7. The summed E-state index contributed by atoms with van der Waals surface area (Å²) in [5, 5.41) is 7.93. The van der Waals surface area contributed by atoms with Crippen molar-refractivity contribution in [1.82, 2.24) is 13.7 Å². The first-order valence-corrected chi connectivity index (χ1v) is 27.8. The summed E-state index contributed by atoms with van der Waals surface area (Å²) >= 11 is 0. The van der Waals surface area contributed by atoms with Gasteiger partial charge in [0.2, 0.25) is 0 Å². The molecule has 0 amide bonds. The second kappa shape index (κ2) is 15.4. The van der Waals surface area contributed by atoms with E-state index >= 15 is 0 Å². The summed E-state index contributed by atoms with van der Waals surface area (Å²) in [6.45, 7) is 39.8. The number of fused-ring (bicyclic) bond motifs is 14. The first-order valence-electron chi connectivity index (χ1n) is 27.8. The van der Waals surface area contributed by atoms with Gasteiger partial charge in [0, 0.05) is 54.9 Å². The summed E-state index contributed by atoms with van der Waals surface area (Å²) in [5.41, 5.74) is 26.1. The van der Waals surface area contributed by atoms with Crippen molar-refractivity contribution in [2.75, 3.05) is 0 Å². The van der Waals surface area contributed by atoms with E-state index in [9.17, 15) is 0 Å². The van der Waals surface area contributed by atoms with Gasteiger partial charge in [-0.05, 0) is 155 Å². The third-order valence-corrected chi connectivity index (χ3v) is 17.6. The minimum absolute atomic E-state index is 0.00894. The van der Waals surface area contributed by atoms with Crippen LogP contribution in [0.1, 0.15) is 157 Å². The molecule has 13 rings (SSSR count). The number of hydrogen-bond donors (Lipinski definition) is 0. The molecule has 0 aliphatic carbocycles. The molecule has 5 heterocycles. The van der Waals surface area contributed by atoms with Crippen LogP contribution in [0.3, 0.4) is 0 Å². The van der Waals surface area contributed by atoms with Gasteiger partial charge >= 0.3 is 0 Å². The lowest BCUT2D eigenvalue weighted by Gasteiger charge is -2.35. The standard InChI is InChI=1S/C71H74BN3/c1-40(2)41-18-20-42(21-19-41)43-32-60-63-61(33-43)75-57-37-46(69(9,10)11)24-29-50(57)54-39-59-62(51-30-25-47(70(12,13)14)38-58(51)73(59)49-27-22-44(23-28-49)67(3,4)5)64(66(54)75)72(63)55-36-48(71(15,16)17)35-53-52-34-45(68(6,7)8)26-31-56(52)74(60)65(53)55/h18-40H,1-17H3. The molecular weight excluding hydrogens is 906 g/mol. The smallest absolute Gasteiger partial charge is 0.253 e. The molecule has 2 aliphatic rings. The highest BCUT2D eigenvalue weighted by Gasteiger charge is 2.44. The van der Waals surface area contributed by atoms with Crippen molar-refractivity contribution >= 4 is 88.5 Å². The van der Waals surface area contributed by atoms with E-state index in [-0.39, 0.29) is 33.8 Å². The van der Waals surface area contributed by atoms with E-state index in [2.05, 4.69) is 265 Å². The molecule has 376 valence electrons. The molecule has 0 radical (unpaired) electrons. The van der Waals surface area contributed by atoms with Crippen LogP contribution in [-0.2, 0) is 27.1 Å². The quantitative estimate of drug-likeness (QED) is 0.157. The van der Waals surface area contributed by atoms with E-state index in [4.69, 9.17) is 0 Å². The highest BCUT2D eigenvalue weighted by Crippen LogP contribution is 2.47. The normalized spacial score (nSPS) is 14.0. The van der Waals surface area contributed by atoms with E-state index in [0.717, 1.165) is 0 Å². The summed E-state index contributed by atoms with van der Waals surface area (Å²) in [5.74, 6) is 0.454. The van der Waals surface area contributed by atoms with Crippen LogP contribution in [0.5, 0.6) is 0 Å². The molecule has 0 fully saturated rings. The highest BCUT2D eigenvalue weighted by atomic mass is 15.0. The van der Waals surface area contributed by atoms with Crippen LogP contribution in [0, 0.1) is 0 Å². The van der Waals surface area contributed by atoms with Crippen molar-refractivity contribution in [2.24, 2.45) is 0 Å². The maximum Gasteiger partial charge on any atom is 0.253 e. The molecule has 0 saturated carbocycles. The molecule has 2 aliphatic heterocycles. The van der Waals surface area contributed by atoms with Gasteiger partial charge in [-0.15, -0.1) is 0 Å². The maximum absolute atomic E-state index is 2.72. The number of rotatable bonds is 3. The Morgan fingerprint density at radius 3 is 1.41 bits per heavy atom. The van der Waals surface area contributed by atoms with Crippen LogP contribution in [0.4, 0.5) is 0 Å². The van der Waals surface area contributed by atoms with E-state index < -0.39 is 0 Å². The summed E-state index contributed by atoms with van der Waals surface area (Å²) < 4.78 is 8.02. The molecule has 0 saturated heterocycles. The van der Waals surface area contributed by atoms with Crippen LogP contribution in [0.2, 0.25) is 0 Å². The molecule has 0 unspecified atom stereocenters. The Kier molecular flexibility index (Phi) is 9.86.